The molecule has 0 atom stereocenters. The summed E-state index contributed by atoms with van der Waals surface area (Å²) in [4.78, 5) is 3.83. The maximum absolute atomic E-state index is 11.9. The second-order valence-electron chi connectivity index (χ2n) is 4.37. The molecule has 1 aliphatic rings. The van der Waals surface area contributed by atoms with Crippen LogP contribution in [0.5, 0.6) is 0 Å². The van der Waals surface area contributed by atoms with Gasteiger partial charge in [0.05, 0.1) is 0 Å². The van der Waals surface area contributed by atoms with Gasteiger partial charge in [0.2, 0.25) is 10.0 Å². The molecule has 0 amide bonds. The standard InChI is InChI=1S/C11H17N3O2S/c12-11-10(4-2-7-13-11)17(15,16)14-8-1-3-9-5-6-9/h2,4,7,9,14H,1,3,5-6,8H2,(H2,12,13). The van der Waals surface area contributed by atoms with Gasteiger partial charge in [-0.1, -0.05) is 12.8 Å². The molecule has 0 aliphatic heterocycles. The van der Waals surface area contributed by atoms with Crippen LogP contribution in [-0.4, -0.2) is 19.9 Å². The van der Waals surface area contributed by atoms with E-state index in [9.17, 15) is 8.42 Å². The number of anilines is 1. The third-order valence-corrected chi connectivity index (χ3v) is 4.38. The fourth-order valence-electron chi connectivity index (χ4n) is 1.71. The summed E-state index contributed by atoms with van der Waals surface area (Å²) in [6, 6.07) is 3.03. The van der Waals surface area contributed by atoms with Crippen LogP contribution in [0.4, 0.5) is 5.82 Å². The van der Waals surface area contributed by atoms with Gasteiger partial charge in [-0.3, -0.25) is 0 Å². The fraction of sp³-hybridized carbons (Fsp3) is 0.545. The molecule has 0 unspecified atom stereocenters. The molecule has 1 saturated carbocycles. The minimum absolute atomic E-state index is 0.0437. The van der Waals surface area contributed by atoms with Gasteiger partial charge < -0.3 is 5.73 Å². The molecule has 1 fully saturated rings. The zero-order valence-corrected chi connectivity index (χ0v) is 10.4. The zero-order chi connectivity index (χ0) is 12.3. The van der Waals surface area contributed by atoms with E-state index in [1.807, 2.05) is 0 Å². The van der Waals surface area contributed by atoms with Crippen molar-refractivity contribution in [3.63, 3.8) is 0 Å². The van der Waals surface area contributed by atoms with E-state index >= 15 is 0 Å². The first-order valence-electron chi connectivity index (χ1n) is 5.80. The third-order valence-electron chi connectivity index (χ3n) is 2.87. The summed E-state index contributed by atoms with van der Waals surface area (Å²) < 4.78 is 26.3. The second kappa shape index (κ2) is 5.01. The van der Waals surface area contributed by atoms with E-state index in [1.54, 1.807) is 6.07 Å². The van der Waals surface area contributed by atoms with Crippen LogP contribution in [0.2, 0.25) is 0 Å². The Morgan fingerprint density at radius 2 is 2.24 bits per heavy atom. The number of sulfonamides is 1. The van der Waals surface area contributed by atoms with Crippen molar-refractivity contribution in [3.05, 3.63) is 18.3 Å². The molecule has 0 spiro atoms. The molecule has 0 saturated heterocycles. The Morgan fingerprint density at radius 3 is 2.88 bits per heavy atom. The highest BCUT2D eigenvalue weighted by atomic mass is 32.2. The maximum Gasteiger partial charge on any atom is 0.244 e. The van der Waals surface area contributed by atoms with Crippen molar-refractivity contribution in [1.29, 1.82) is 0 Å². The maximum atomic E-state index is 11.9. The van der Waals surface area contributed by atoms with Crippen LogP contribution in [0.25, 0.3) is 0 Å². The molecule has 17 heavy (non-hydrogen) atoms. The van der Waals surface area contributed by atoms with Crippen LogP contribution in [-0.2, 0) is 10.0 Å². The Morgan fingerprint density at radius 1 is 1.47 bits per heavy atom. The smallest absolute Gasteiger partial charge is 0.244 e. The molecule has 0 radical (unpaired) electrons. The third kappa shape index (κ3) is 3.41. The minimum atomic E-state index is -3.51. The average molecular weight is 255 g/mol. The summed E-state index contributed by atoms with van der Waals surface area (Å²) in [7, 11) is -3.51. The van der Waals surface area contributed by atoms with Crippen molar-refractivity contribution >= 4 is 15.8 Å². The molecule has 2 rings (SSSR count). The van der Waals surface area contributed by atoms with Gasteiger partial charge in [-0.25, -0.2) is 18.1 Å². The highest BCUT2D eigenvalue weighted by molar-refractivity contribution is 7.89. The highest BCUT2D eigenvalue weighted by Crippen LogP contribution is 2.33. The van der Waals surface area contributed by atoms with E-state index < -0.39 is 10.0 Å². The second-order valence-corrected chi connectivity index (χ2v) is 6.11. The Hall–Kier alpha value is -1.14. The van der Waals surface area contributed by atoms with E-state index in [-0.39, 0.29) is 10.7 Å². The summed E-state index contributed by atoms with van der Waals surface area (Å²) in [5.74, 6) is 0.866. The average Bonchev–Trinajstić information content (AvgIpc) is 3.09. The van der Waals surface area contributed by atoms with E-state index in [2.05, 4.69) is 9.71 Å². The molecule has 94 valence electrons. The number of rotatable bonds is 6. The highest BCUT2D eigenvalue weighted by Gasteiger charge is 2.21. The van der Waals surface area contributed by atoms with Crippen LogP contribution in [0.1, 0.15) is 25.7 Å². The van der Waals surface area contributed by atoms with E-state index in [0.717, 1.165) is 18.8 Å². The van der Waals surface area contributed by atoms with E-state index in [0.29, 0.717) is 6.54 Å². The first-order chi connectivity index (χ1) is 8.09. The van der Waals surface area contributed by atoms with Crippen LogP contribution in [0.3, 0.4) is 0 Å². The van der Waals surface area contributed by atoms with Gasteiger partial charge >= 0.3 is 0 Å². The number of nitrogens with two attached hydrogens (primary N) is 1. The van der Waals surface area contributed by atoms with Gasteiger partial charge in [0, 0.05) is 12.7 Å². The number of hydrogen-bond donors (Lipinski definition) is 2. The lowest BCUT2D eigenvalue weighted by molar-refractivity contribution is 0.572. The molecule has 1 aliphatic carbocycles. The van der Waals surface area contributed by atoms with E-state index in [4.69, 9.17) is 5.73 Å². The van der Waals surface area contributed by atoms with Crippen molar-refractivity contribution < 1.29 is 8.42 Å². The largest absolute Gasteiger partial charge is 0.383 e. The number of nitrogens with zero attached hydrogens (tertiary/aromatic N) is 1. The molecule has 1 heterocycles. The number of hydrogen-bond acceptors (Lipinski definition) is 4. The summed E-state index contributed by atoms with van der Waals surface area (Å²) in [5, 5.41) is 0. The van der Waals surface area contributed by atoms with Crippen LogP contribution < -0.4 is 10.5 Å². The van der Waals surface area contributed by atoms with E-state index in [1.165, 1.54) is 25.1 Å². The number of nitrogens with one attached hydrogen (secondary N) is 1. The lowest BCUT2D eigenvalue weighted by Crippen LogP contribution is -2.25. The Balaban J connectivity index is 1.91. The van der Waals surface area contributed by atoms with Crippen molar-refractivity contribution in [3.8, 4) is 0 Å². The summed E-state index contributed by atoms with van der Waals surface area (Å²) in [6.07, 6.45) is 6.04. The van der Waals surface area contributed by atoms with Gasteiger partial charge in [-0.05, 0) is 30.9 Å². The van der Waals surface area contributed by atoms with Crippen LogP contribution in [0, 0.1) is 5.92 Å². The molecule has 3 N–H and O–H groups in total. The molecule has 0 bridgehead atoms. The lowest BCUT2D eigenvalue weighted by atomic mass is 10.2. The number of pyridine rings is 1. The van der Waals surface area contributed by atoms with Crippen molar-refractivity contribution in [2.75, 3.05) is 12.3 Å². The molecule has 0 aromatic carbocycles. The predicted octanol–water partition coefficient (Wildman–Crippen LogP) is 1.13. The van der Waals surface area contributed by atoms with Crippen LogP contribution >= 0.6 is 0 Å². The Bertz CT molecular complexity index is 483. The van der Waals surface area contributed by atoms with Crippen molar-refractivity contribution in [2.24, 2.45) is 5.92 Å². The SMILES string of the molecule is Nc1ncccc1S(=O)(=O)NCCCC1CC1. The molecule has 6 heteroatoms. The summed E-state index contributed by atoms with van der Waals surface area (Å²) >= 11 is 0. The monoisotopic (exact) mass is 255 g/mol. The predicted molar refractivity (Wildman–Crippen MR) is 65.8 cm³/mol. The van der Waals surface area contributed by atoms with Gasteiger partial charge in [0.15, 0.2) is 0 Å². The van der Waals surface area contributed by atoms with Gasteiger partial charge in [0.25, 0.3) is 0 Å². The van der Waals surface area contributed by atoms with Gasteiger partial charge in [0.1, 0.15) is 10.7 Å². The molecule has 1 aromatic heterocycles. The fourth-order valence-corrected chi connectivity index (χ4v) is 2.87. The Labute approximate surface area is 101 Å². The van der Waals surface area contributed by atoms with Crippen LogP contribution in [0.15, 0.2) is 23.2 Å². The van der Waals surface area contributed by atoms with Crippen molar-refractivity contribution in [2.45, 2.75) is 30.6 Å². The molecule has 5 nitrogen and oxygen atoms in total. The zero-order valence-electron chi connectivity index (χ0n) is 9.59. The number of nitrogen functional groups attached to an aromatic ring is 1. The quantitative estimate of drug-likeness (QED) is 0.746. The summed E-state index contributed by atoms with van der Waals surface area (Å²) in [6.45, 7) is 0.465. The first kappa shape index (κ1) is 12.3. The lowest BCUT2D eigenvalue weighted by Gasteiger charge is -2.07. The first-order valence-corrected chi connectivity index (χ1v) is 7.28. The normalized spacial score (nSPS) is 16.0. The number of aromatic nitrogens is 1. The summed E-state index contributed by atoms with van der Waals surface area (Å²) in [5.41, 5.74) is 5.54. The van der Waals surface area contributed by atoms with Gasteiger partial charge in [-0.2, -0.15) is 0 Å². The molecular formula is C11H17N3O2S. The van der Waals surface area contributed by atoms with Gasteiger partial charge in [-0.15, -0.1) is 0 Å². The topological polar surface area (TPSA) is 85.1 Å². The molecule has 1 aromatic rings. The minimum Gasteiger partial charge on any atom is -0.383 e. The van der Waals surface area contributed by atoms with Crippen molar-refractivity contribution in [1.82, 2.24) is 9.71 Å². The molecular weight excluding hydrogens is 238 g/mol. The Kier molecular flexibility index (Phi) is 3.63.